The molecule has 0 atom stereocenters. The molecule has 0 spiro atoms. The minimum Gasteiger partial charge on any atom is -0.306 e. The van der Waals surface area contributed by atoms with Gasteiger partial charge in [-0.05, 0) is 6.92 Å². The zero-order chi connectivity index (χ0) is 9.30. The lowest BCUT2D eigenvalue weighted by Crippen LogP contribution is -3.01. The number of rotatable bonds is 1. The highest BCUT2D eigenvalue weighted by molar-refractivity contribution is 5.29. The van der Waals surface area contributed by atoms with Gasteiger partial charge in [0.2, 0.25) is 5.69 Å². The van der Waals surface area contributed by atoms with Gasteiger partial charge in [0.25, 0.3) is 0 Å². The van der Waals surface area contributed by atoms with E-state index in [1.165, 1.54) is 0 Å². The number of aromatic nitrogens is 2. The first-order chi connectivity index (χ1) is 5.52. The van der Waals surface area contributed by atoms with Crippen molar-refractivity contribution in [3.63, 3.8) is 0 Å². The number of quaternary nitrogens is 1. The van der Waals surface area contributed by atoms with Crippen LogP contribution in [0, 0.1) is 6.92 Å². The quantitative estimate of drug-likeness (QED) is 0.463. The third-order valence-electron chi connectivity index (χ3n) is 1.63. The van der Waals surface area contributed by atoms with Gasteiger partial charge in [-0.15, -0.1) is 0 Å². The number of aromatic amines is 2. The van der Waals surface area contributed by atoms with Crippen molar-refractivity contribution >= 4 is 5.69 Å². The van der Waals surface area contributed by atoms with Crippen LogP contribution < -0.4 is 16.1 Å². The summed E-state index contributed by atoms with van der Waals surface area (Å²) in [5, 5.41) is 0. The largest absolute Gasteiger partial charge is 0.326 e. The van der Waals surface area contributed by atoms with E-state index in [0.717, 1.165) is 4.90 Å². The Balaban J connectivity index is 3.49. The predicted octanol–water partition coefficient (Wildman–Crippen LogP) is -1.85. The molecule has 0 aromatic carbocycles. The number of hydrogen-bond donors (Lipinski definition) is 3. The van der Waals surface area contributed by atoms with Crippen LogP contribution in [0.5, 0.6) is 0 Å². The lowest BCUT2D eigenvalue weighted by atomic mass is 10.3. The van der Waals surface area contributed by atoms with Crippen LogP contribution in [0.25, 0.3) is 0 Å². The highest BCUT2D eigenvalue weighted by atomic mass is 16.2. The van der Waals surface area contributed by atoms with Crippen molar-refractivity contribution in [2.45, 2.75) is 6.92 Å². The zero-order valence-corrected chi connectivity index (χ0v) is 7.32. The first-order valence-corrected chi connectivity index (χ1v) is 3.66. The van der Waals surface area contributed by atoms with E-state index < -0.39 is 5.69 Å². The molecule has 0 aliphatic rings. The average Bonchev–Trinajstić information content (AvgIpc) is 1.82. The Bertz CT molecular complexity index is 388. The molecule has 0 amide bonds. The summed E-state index contributed by atoms with van der Waals surface area (Å²) in [4.78, 5) is 27.6. The summed E-state index contributed by atoms with van der Waals surface area (Å²) in [5.74, 6) is 0. The Morgan fingerprint density at radius 1 is 1.17 bits per heavy atom. The van der Waals surface area contributed by atoms with E-state index in [1.807, 2.05) is 14.1 Å². The van der Waals surface area contributed by atoms with Gasteiger partial charge in [-0.3, -0.25) is 9.78 Å². The maximum absolute atomic E-state index is 11.2. The fourth-order valence-corrected chi connectivity index (χ4v) is 1.20. The molecule has 0 aliphatic heterocycles. The van der Waals surface area contributed by atoms with Crippen molar-refractivity contribution in [3.05, 3.63) is 26.5 Å². The van der Waals surface area contributed by atoms with Gasteiger partial charge < -0.3 is 9.88 Å². The molecule has 1 rings (SSSR count). The van der Waals surface area contributed by atoms with Gasteiger partial charge in [0, 0.05) is 0 Å². The van der Waals surface area contributed by atoms with Gasteiger partial charge in [0.1, 0.15) is 0 Å². The van der Waals surface area contributed by atoms with Gasteiger partial charge in [-0.2, -0.15) is 0 Å². The first kappa shape index (κ1) is 8.73. The molecule has 1 aromatic heterocycles. The van der Waals surface area contributed by atoms with Crippen LogP contribution in [0.2, 0.25) is 0 Å². The minimum atomic E-state index is -0.456. The highest BCUT2D eigenvalue weighted by Gasteiger charge is 2.11. The monoisotopic (exact) mass is 170 g/mol. The van der Waals surface area contributed by atoms with Crippen molar-refractivity contribution in [1.82, 2.24) is 9.97 Å². The highest BCUT2D eigenvalue weighted by Crippen LogP contribution is 1.92. The Morgan fingerprint density at radius 2 is 1.75 bits per heavy atom. The van der Waals surface area contributed by atoms with E-state index in [4.69, 9.17) is 0 Å². The van der Waals surface area contributed by atoms with Crippen LogP contribution in [-0.2, 0) is 0 Å². The molecule has 0 saturated heterocycles. The summed E-state index contributed by atoms with van der Waals surface area (Å²) in [6.07, 6.45) is 0. The molecule has 0 radical (unpaired) electrons. The summed E-state index contributed by atoms with van der Waals surface area (Å²) in [5.41, 5.74) is 0.400. The Labute approximate surface area is 69.0 Å². The second-order valence-electron chi connectivity index (χ2n) is 2.91. The van der Waals surface area contributed by atoms with Gasteiger partial charge in [0.05, 0.1) is 19.8 Å². The Morgan fingerprint density at radius 3 is 2.17 bits per heavy atom. The standard InChI is InChI=1S/C7H11N3O2/c1-4-5(10(2)3)6(11)9-7(12)8-4/h1-3H3,(H2,8,9,11,12)/p+1. The zero-order valence-electron chi connectivity index (χ0n) is 7.32. The Hall–Kier alpha value is -1.36. The summed E-state index contributed by atoms with van der Waals surface area (Å²) in [7, 11) is 3.66. The van der Waals surface area contributed by atoms with Crippen molar-refractivity contribution in [2.24, 2.45) is 0 Å². The van der Waals surface area contributed by atoms with Crippen molar-refractivity contribution < 1.29 is 4.90 Å². The smallest absolute Gasteiger partial charge is 0.306 e. The van der Waals surface area contributed by atoms with Crippen LogP contribution in [0.1, 0.15) is 5.69 Å². The van der Waals surface area contributed by atoms with Crippen LogP contribution in [0.15, 0.2) is 9.59 Å². The fraction of sp³-hybridized carbons (Fsp3) is 0.429. The Kier molecular flexibility index (Phi) is 2.14. The summed E-state index contributed by atoms with van der Waals surface area (Å²) in [6, 6.07) is 0. The molecule has 0 aliphatic carbocycles. The molecule has 0 fully saturated rings. The molecule has 1 heterocycles. The van der Waals surface area contributed by atoms with E-state index >= 15 is 0 Å². The molecule has 5 nitrogen and oxygen atoms in total. The fourth-order valence-electron chi connectivity index (χ4n) is 1.20. The lowest BCUT2D eigenvalue weighted by Gasteiger charge is -2.06. The maximum atomic E-state index is 11.2. The summed E-state index contributed by atoms with van der Waals surface area (Å²) < 4.78 is 0. The normalized spacial score (nSPS) is 10.7. The molecule has 0 unspecified atom stereocenters. The van der Waals surface area contributed by atoms with Crippen LogP contribution in [0.4, 0.5) is 5.69 Å². The molecule has 12 heavy (non-hydrogen) atoms. The number of nitrogens with one attached hydrogen (secondary N) is 3. The second kappa shape index (κ2) is 2.94. The van der Waals surface area contributed by atoms with Gasteiger partial charge in [-0.25, -0.2) is 4.79 Å². The lowest BCUT2D eigenvalue weighted by molar-refractivity contribution is -0.787. The number of aryl methyl sites for hydroxylation is 1. The van der Waals surface area contributed by atoms with Crippen LogP contribution in [0.3, 0.4) is 0 Å². The van der Waals surface area contributed by atoms with Crippen LogP contribution in [-0.4, -0.2) is 24.1 Å². The number of hydrogen-bond acceptors (Lipinski definition) is 2. The van der Waals surface area contributed by atoms with Crippen molar-refractivity contribution in [1.29, 1.82) is 0 Å². The molecular formula is C7H12N3O2+. The third-order valence-corrected chi connectivity index (χ3v) is 1.63. The van der Waals surface area contributed by atoms with E-state index in [9.17, 15) is 9.59 Å². The van der Waals surface area contributed by atoms with E-state index in [2.05, 4.69) is 9.97 Å². The summed E-state index contributed by atoms with van der Waals surface area (Å²) in [6.45, 7) is 1.71. The molecule has 66 valence electrons. The third kappa shape index (κ3) is 1.45. The first-order valence-electron chi connectivity index (χ1n) is 3.66. The molecular weight excluding hydrogens is 158 g/mol. The van der Waals surface area contributed by atoms with Crippen molar-refractivity contribution in [2.75, 3.05) is 14.1 Å². The second-order valence-corrected chi connectivity index (χ2v) is 2.91. The molecule has 0 saturated carbocycles. The minimum absolute atomic E-state index is 0.323. The summed E-state index contributed by atoms with van der Waals surface area (Å²) >= 11 is 0. The van der Waals surface area contributed by atoms with E-state index in [1.54, 1.807) is 6.92 Å². The molecule has 3 N–H and O–H groups in total. The van der Waals surface area contributed by atoms with Gasteiger partial charge in [0.15, 0.2) is 0 Å². The van der Waals surface area contributed by atoms with Gasteiger partial charge >= 0.3 is 11.2 Å². The van der Waals surface area contributed by atoms with Crippen molar-refractivity contribution in [3.8, 4) is 0 Å². The molecule has 1 aromatic rings. The number of H-pyrrole nitrogens is 2. The van der Waals surface area contributed by atoms with E-state index in [-0.39, 0.29) is 5.56 Å². The topological polar surface area (TPSA) is 70.2 Å². The SMILES string of the molecule is Cc1[nH]c(=O)[nH]c(=O)c1[NH+](C)C. The average molecular weight is 170 g/mol. The van der Waals surface area contributed by atoms with Gasteiger partial charge in [-0.1, -0.05) is 0 Å². The van der Waals surface area contributed by atoms with E-state index in [0.29, 0.717) is 11.4 Å². The molecule has 0 bridgehead atoms. The maximum Gasteiger partial charge on any atom is 0.326 e. The van der Waals surface area contributed by atoms with Crippen LogP contribution >= 0.6 is 0 Å². The molecule has 5 heteroatoms. The predicted molar refractivity (Wildman–Crippen MR) is 44.9 cm³/mol.